The number of carbonyl (C=O) groups excluding carboxylic acids is 2. The molecule has 1 heterocycles. The number of hydrogen-bond acceptors (Lipinski definition) is 5. The van der Waals surface area contributed by atoms with Crippen molar-refractivity contribution in [2.75, 3.05) is 15.9 Å². The van der Waals surface area contributed by atoms with Crippen LogP contribution >= 0.6 is 0 Å². The predicted molar refractivity (Wildman–Crippen MR) is 118 cm³/mol. The van der Waals surface area contributed by atoms with Crippen molar-refractivity contribution in [1.82, 2.24) is 5.32 Å². The summed E-state index contributed by atoms with van der Waals surface area (Å²) in [5.74, 6) is -0.376. The molecule has 2 N–H and O–H groups in total. The van der Waals surface area contributed by atoms with Gasteiger partial charge >= 0.3 is 0 Å². The van der Waals surface area contributed by atoms with Gasteiger partial charge in [0.25, 0.3) is 5.91 Å². The number of anilines is 2. The number of nitrogens with zero attached hydrogens (tertiary/aromatic N) is 1. The third-order valence-corrected chi connectivity index (χ3v) is 5.77. The van der Waals surface area contributed by atoms with Gasteiger partial charge in [0, 0.05) is 0 Å². The first kappa shape index (κ1) is 22.1. The van der Waals surface area contributed by atoms with Crippen LogP contribution in [0.2, 0.25) is 0 Å². The number of furan rings is 1. The lowest BCUT2D eigenvalue weighted by molar-refractivity contribution is -0.116. The highest BCUT2D eigenvalue weighted by molar-refractivity contribution is 7.92. The van der Waals surface area contributed by atoms with Crippen LogP contribution in [0.3, 0.4) is 0 Å². The van der Waals surface area contributed by atoms with Crippen molar-refractivity contribution < 1.29 is 22.4 Å². The summed E-state index contributed by atoms with van der Waals surface area (Å²) in [5, 5.41) is 5.40. The first-order valence-corrected chi connectivity index (χ1v) is 11.4. The second-order valence-corrected chi connectivity index (χ2v) is 8.73. The highest BCUT2D eigenvalue weighted by atomic mass is 32.2. The van der Waals surface area contributed by atoms with Gasteiger partial charge in [0.15, 0.2) is 0 Å². The van der Waals surface area contributed by atoms with Gasteiger partial charge in [-0.3, -0.25) is 13.9 Å². The lowest BCUT2D eigenvalue weighted by Gasteiger charge is -2.28. The van der Waals surface area contributed by atoms with E-state index in [1.165, 1.54) is 13.2 Å². The fourth-order valence-electron chi connectivity index (χ4n) is 3.09. The van der Waals surface area contributed by atoms with E-state index < -0.39 is 27.9 Å². The second kappa shape index (κ2) is 9.48. The van der Waals surface area contributed by atoms with E-state index >= 15 is 0 Å². The molecule has 2 amide bonds. The van der Waals surface area contributed by atoms with Crippen molar-refractivity contribution in [3.8, 4) is 0 Å². The highest BCUT2D eigenvalue weighted by Gasteiger charge is 2.29. The van der Waals surface area contributed by atoms with Crippen LogP contribution in [0.15, 0.2) is 77.4 Å². The first-order valence-electron chi connectivity index (χ1n) is 9.52. The monoisotopic (exact) mass is 441 g/mol. The number of rotatable bonds is 8. The molecule has 8 nitrogen and oxygen atoms in total. The van der Waals surface area contributed by atoms with Gasteiger partial charge in [0.05, 0.1) is 36.0 Å². The summed E-state index contributed by atoms with van der Waals surface area (Å²) in [6.45, 7) is 1.68. The second-order valence-electron chi connectivity index (χ2n) is 6.87. The van der Waals surface area contributed by atoms with Crippen LogP contribution in [0, 0.1) is 0 Å². The van der Waals surface area contributed by atoms with Gasteiger partial charge in [-0.1, -0.05) is 30.3 Å². The van der Waals surface area contributed by atoms with Gasteiger partial charge in [0.1, 0.15) is 11.8 Å². The molecule has 1 aromatic heterocycles. The molecule has 0 aliphatic rings. The van der Waals surface area contributed by atoms with Gasteiger partial charge in [-0.05, 0) is 43.3 Å². The average molecular weight is 442 g/mol. The summed E-state index contributed by atoms with van der Waals surface area (Å²) < 4.78 is 31.0. The van der Waals surface area contributed by atoms with E-state index in [9.17, 15) is 18.0 Å². The van der Waals surface area contributed by atoms with Crippen LogP contribution in [-0.2, 0) is 21.4 Å². The summed E-state index contributed by atoms with van der Waals surface area (Å²) in [5.41, 5.74) is 0.898. The Morgan fingerprint density at radius 1 is 1.00 bits per heavy atom. The standard InChI is InChI=1S/C22H23N3O5S/c1-16(25(31(2,28)29)17-9-4-3-5-10-17)21(26)24-20-13-7-6-12-19(20)22(27)23-15-18-11-8-14-30-18/h3-14,16H,15H2,1-2H3,(H,23,27)(H,24,26)/t16-/m1/s1. The van der Waals surface area contributed by atoms with Crippen LogP contribution in [0.1, 0.15) is 23.0 Å². The maximum Gasteiger partial charge on any atom is 0.253 e. The highest BCUT2D eigenvalue weighted by Crippen LogP contribution is 2.22. The van der Waals surface area contributed by atoms with Crippen molar-refractivity contribution >= 4 is 33.2 Å². The summed E-state index contributed by atoms with van der Waals surface area (Å²) in [4.78, 5) is 25.5. The van der Waals surface area contributed by atoms with Crippen LogP contribution in [-0.4, -0.2) is 32.5 Å². The van der Waals surface area contributed by atoms with Gasteiger partial charge < -0.3 is 15.1 Å². The molecule has 0 bridgehead atoms. The zero-order chi connectivity index (χ0) is 22.4. The quantitative estimate of drug-likeness (QED) is 0.559. The van der Waals surface area contributed by atoms with Crippen molar-refractivity contribution in [2.24, 2.45) is 0 Å². The van der Waals surface area contributed by atoms with Crippen LogP contribution in [0.4, 0.5) is 11.4 Å². The topological polar surface area (TPSA) is 109 Å². The summed E-state index contributed by atoms with van der Waals surface area (Å²) in [6, 6.07) is 17.3. The molecule has 0 saturated heterocycles. The molecule has 0 unspecified atom stereocenters. The minimum atomic E-state index is -3.73. The normalized spacial score (nSPS) is 12.1. The molecule has 162 valence electrons. The maximum absolute atomic E-state index is 12.9. The molecule has 1 atom stereocenters. The fraction of sp³-hybridized carbons (Fsp3) is 0.182. The van der Waals surface area contributed by atoms with E-state index in [4.69, 9.17) is 4.42 Å². The molecule has 3 aromatic rings. The van der Waals surface area contributed by atoms with Crippen LogP contribution < -0.4 is 14.9 Å². The Kier molecular flexibility index (Phi) is 6.76. The number of nitrogens with one attached hydrogen (secondary N) is 2. The Hall–Kier alpha value is -3.59. The molecule has 0 aliphatic carbocycles. The summed E-state index contributed by atoms with van der Waals surface area (Å²) in [6.07, 6.45) is 2.55. The van der Waals surface area contributed by atoms with Gasteiger partial charge in [0.2, 0.25) is 15.9 Å². The van der Waals surface area contributed by atoms with Crippen molar-refractivity contribution in [1.29, 1.82) is 0 Å². The number of carbonyl (C=O) groups is 2. The number of benzene rings is 2. The summed E-state index contributed by atoms with van der Waals surface area (Å²) >= 11 is 0. The molecule has 3 rings (SSSR count). The molecule has 0 aliphatic heterocycles. The van der Waals surface area contributed by atoms with Crippen molar-refractivity contribution in [3.63, 3.8) is 0 Å². The minimum Gasteiger partial charge on any atom is -0.467 e. The van der Waals surface area contributed by atoms with Crippen LogP contribution in [0.25, 0.3) is 0 Å². The van der Waals surface area contributed by atoms with Crippen molar-refractivity contribution in [3.05, 3.63) is 84.3 Å². The number of para-hydroxylation sites is 2. The summed E-state index contributed by atoms with van der Waals surface area (Å²) in [7, 11) is -3.73. The van der Waals surface area contributed by atoms with Crippen molar-refractivity contribution in [2.45, 2.75) is 19.5 Å². The molecular weight excluding hydrogens is 418 g/mol. The molecular formula is C22H23N3O5S. The SMILES string of the molecule is C[C@H](C(=O)Nc1ccccc1C(=O)NCc1ccco1)N(c1ccccc1)S(C)(=O)=O. The van der Waals surface area contributed by atoms with E-state index in [1.807, 2.05) is 0 Å². The number of hydrogen-bond donors (Lipinski definition) is 2. The van der Waals surface area contributed by atoms with E-state index in [0.717, 1.165) is 10.6 Å². The molecule has 0 radical (unpaired) electrons. The largest absolute Gasteiger partial charge is 0.467 e. The molecule has 9 heteroatoms. The smallest absolute Gasteiger partial charge is 0.253 e. The Morgan fingerprint density at radius 2 is 1.68 bits per heavy atom. The van der Waals surface area contributed by atoms with Gasteiger partial charge in [-0.25, -0.2) is 8.42 Å². The molecule has 0 spiro atoms. The van der Waals surface area contributed by atoms with Gasteiger partial charge in [-0.2, -0.15) is 0 Å². The predicted octanol–water partition coefficient (Wildman–Crippen LogP) is 3.00. The zero-order valence-electron chi connectivity index (χ0n) is 17.1. The lowest BCUT2D eigenvalue weighted by Crippen LogP contribution is -2.45. The fourth-order valence-corrected chi connectivity index (χ4v) is 4.26. The van der Waals surface area contributed by atoms with Gasteiger partial charge in [-0.15, -0.1) is 0 Å². The Morgan fingerprint density at radius 3 is 2.32 bits per heavy atom. The molecule has 0 saturated carbocycles. The van der Waals surface area contributed by atoms with Crippen LogP contribution in [0.5, 0.6) is 0 Å². The Labute approximate surface area is 180 Å². The molecule has 0 fully saturated rings. The lowest BCUT2D eigenvalue weighted by atomic mass is 10.1. The third-order valence-electron chi connectivity index (χ3n) is 4.53. The van der Waals surface area contributed by atoms with E-state index in [2.05, 4.69) is 10.6 Å². The third kappa shape index (κ3) is 5.52. The van der Waals surface area contributed by atoms with E-state index in [-0.39, 0.29) is 17.8 Å². The number of sulfonamides is 1. The average Bonchev–Trinajstić information content (AvgIpc) is 3.26. The first-order chi connectivity index (χ1) is 14.8. The Balaban J connectivity index is 1.78. The van der Waals surface area contributed by atoms with E-state index in [1.54, 1.807) is 66.7 Å². The molecule has 2 aromatic carbocycles. The van der Waals surface area contributed by atoms with E-state index in [0.29, 0.717) is 11.4 Å². The Bertz CT molecular complexity index is 1140. The minimum absolute atomic E-state index is 0.195. The maximum atomic E-state index is 12.9. The zero-order valence-corrected chi connectivity index (χ0v) is 17.9. The number of amides is 2. The molecule has 31 heavy (non-hydrogen) atoms.